The van der Waals surface area contributed by atoms with Crippen LogP contribution in [0.3, 0.4) is 0 Å². The molecule has 0 radical (unpaired) electrons. The molecule has 2 atom stereocenters. The van der Waals surface area contributed by atoms with E-state index in [1.807, 2.05) is 0 Å². The van der Waals surface area contributed by atoms with Crippen molar-refractivity contribution < 1.29 is 14.0 Å². The second-order valence-corrected chi connectivity index (χ2v) is 6.83. The minimum absolute atomic E-state index is 0.0996. The van der Waals surface area contributed by atoms with Gasteiger partial charge in [0.2, 0.25) is 5.91 Å². The van der Waals surface area contributed by atoms with E-state index in [4.69, 9.17) is 0 Å². The molecular formula is C17H20FN5O2. The molecule has 0 bridgehead atoms. The third kappa shape index (κ3) is 3.08. The number of hydrogen-bond donors (Lipinski definition) is 2. The van der Waals surface area contributed by atoms with E-state index in [0.29, 0.717) is 35.6 Å². The highest BCUT2D eigenvalue weighted by Crippen LogP contribution is 2.39. The van der Waals surface area contributed by atoms with Crippen LogP contribution in [0, 0.1) is 0 Å². The molecule has 2 aromatic rings. The molecule has 2 amide bonds. The Balaban J connectivity index is 1.49. The number of hydrogen-bond acceptors (Lipinski definition) is 4. The van der Waals surface area contributed by atoms with Gasteiger partial charge in [-0.2, -0.15) is 0 Å². The van der Waals surface area contributed by atoms with Gasteiger partial charge < -0.3 is 15.2 Å². The number of aromatic nitrogens is 3. The molecule has 2 aromatic heterocycles. The van der Waals surface area contributed by atoms with Crippen molar-refractivity contribution in [1.29, 1.82) is 0 Å². The predicted molar refractivity (Wildman–Crippen MR) is 88.9 cm³/mol. The molecule has 0 spiro atoms. The van der Waals surface area contributed by atoms with Crippen molar-refractivity contribution in [1.82, 2.24) is 25.2 Å². The summed E-state index contributed by atoms with van der Waals surface area (Å²) in [6.07, 6.45) is 4.88. The van der Waals surface area contributed by atoms with Crippen molar-refractivity contribution in [2.45, 2.75) is 44.3 Å². The van der Waals surface area contributed by atoms with Crippen LogP contribution in [-0.4, -0.2) is 57.0 Å². The lowest BCUT2D eigenvalue weighted by molar-refractivity contribution is -0.131. The highest BCUT2D eigenvalue weighted by Gasteiger charge is 2.30. The number of aromatic amines is 1. The number of amides is 2. The van der Waals surface area contributed by atoms with Gasteiger partial charge in [0.05, 0.1) is 24.0 Å². The molecule has 1 aliphatic heterocycles. The van der Waals surface area contributed by atoms with Gasteiger partial charge in [0, 0.05) is 18.7 Å². The summed E-state index contributed by atoms with van der Waals surface area (Å²) >= 11 is 0. The normalized spacial score (nSPS) is 21.5. The minimum Gasteiger partial charge on any atom is -0.344 e. The molecule has 132 valence electrons. The standard InChI is InChI=1S/C17H20FN5O2/c1-9(17(25)23-5-4-11(18)8-23)21-16(24)12-6-19-15-14(12)22-13(7-20-15)10-2-3-10/h6-7,9-11H,2-5,8H2,1H3,(H,19,20)(H,21,24). The zero-order valence-electron chi connectivity index (χ0n) is 14.0. The van der Waals surface area contributed by atoms with E-state index in [1.165, 1.54) is 4.90 Å². The summed E-state index contributed by atoms with van der Waals surface area (Å²) < 4.78 is 13.3. The zero-order valence-corrected chi connectivity index (χ0v) is 14.0. The lowest BCUT2D eigenvalue weighted by Gasteiger charge is -2.20. The van der Waals surface area contributed by atoms with Crippen LogP contribution in [0.15, 0.2) is 12.4 Å². The van der Waals surface area contributed by atoms with Crippen molar-refractivity contribution in [3.8, 4) is 0 Å². The van der Waals surface area contributed by atoms with E-state index in [0.717, 1.165) is 18.5 Å². The third-order valence-corrected chi connectivity index (χ3v) is 4.80. The first-order valence-electron chi connectivity index (χ1n) is 8.60. The summed E-state index contributed by atoms with van der Waals surface area (Å²) in [7, 11) is 0. The van der Waals surface area contributed by atoms with Gasteiger partial charge in [-0.3, -0.25) is 9.59 Å². The van der Waals surface area contributed by atoms with Crippen LogP contribution < -0.4 is 5.32 Å². The highest BCUT2D eigenvalue weighted by atomic mass is 19.1. The maximum Gasteiger partial charge on any atom is 0.255 e. The molecule has 2 aliphatic rings. The van der Waals surface area contributed by atoms with Crippen molar-refractivity contribution >= 4 is 23.0 Å². The van der Waals surface area contributed by atoms with Crippen LogP contribution >= 0.6 is 0 Å². The van der Waals surface area contributed by atoms with Gasteiger partial charge in [-0.15, -0.1) is 0 Å². The summed E-state index contributed by atoms with van der Waals surface area (Å²) in [5.74, 6) is -0.213. The minimum atomic E-state index is -0.975. The molecule has 1 saturated carbocycles. The lowest BCUT2D eigenvalue weighted by Crippen LogP contribution is -2.46. The molecule has 4 rings (SSSR count). The van der Waals surface area contributed by atoms with Crippen molar-refractivity contribution in [3.63, 3.8) is 0 Å². The van der Waals surface area contributed by atoms with Crippen LogP contribution in [0.5, 0.6) is 0 Å². The second kappa shape index (κ2) is 6.09. The van der Waals surface area contributed by atoms with Crippen LogP contribution in [0.4, 0.5) is 4.39 Å². The Morgan fingerprint density at radius 3 is 2.88 bits per heavy atom. The monoisotopic (exact) mass is 345 g/mol. The lowest BCUT2D eigenvalue weighted by atomic mass is 10.2. The van der Waals surface area contributed by atoms with Crippen LogP contribution in [0.25, 0.3) is 11.2 Å². The molecule has 7 nitrogen and oxygen atoms in total. The summed E-state index contributed by atoms with van der Waals surface area (Å²) in [5, 5.41) is 2.69. The fourth-order valence-electron chi connectivity index (χ4n) is 3.18. The van der Waals surface area contributed by atoms with Crippen LogP contribution in [0.2, 0.25) is 0 Å². The van der Waals surface area contributed by atoms with Gasteiger partial charge in [-0.05, 0) is 26.2 Å². The van der Waals surface area contributed by atoms with Gasteiger partial charge in [0.1, 0.15) is 17.7 Å². The van der Waals surface area contributed by atoms with Crippen LogP contribution in [0.1, 0.15) is 48.2 Å². The largest absolute Gasteiger partial charge is 0.344 e. The van der Waals surface area contributed by atoms with Gasteiger partial charge >= 0.3 is 0 Å². The molecular weight excluding hydrogens is 325 g/mol. The number of fused-ring (bicyclic) bond motifs is 1. The van der Waals surface area contributed by atoms with E-state index in [2.05, 4.69) is 20.3 Å². The Hall–Kier alpha value is -2.51. The molecule has 25 heavy (non-hydrogen) atoms. The van der Waals surface area contributed by atoms with Crippen molar-refractivity contribution in [2.24, 2.45) is 0 Å². The summed E-state index contributed by atoms with van der Waals surface area (Å²) in [5.41, 5.74) is 2.34. The molecule has 2 unspecified atom stereocenters. The van der Waals surface area contributed by atoms with E-state index in [-0.39, 0.29) is 18.4 Å². The number of nitrogens with zero attached hydrogens (tertiary/aromatic N) is 3. The van der Waals surface area contributed by atoms with Gasteiger partial charge in [-0.25, -0.2) is 14.4 Å². The Morgan fingerprint density at radius 2 is 2.20 bits per heavy atom. The number of nitrogens with one attached hydrogen (secondary N) is 2. The van der Waals surface area contributed by atoms with E-state index < -0.39 is 12.2 Å². The van der Waals surface area contributed by atoms with Gasteiger partial charge in [0.15, 0.2) is 5.65 Å². The topological polar surface area (TPSA) is 91.0 Å². The second-order valence-electron chi connectivity index (χ2n) is 6.83. The first-order chi connectivity index (χ1) is 12.0. The predicted octanol–water partition coefficient (Wildman–Crippen LogP) is 1.52. The fraction of sp³-hybridized carbons (Fsp3) is 0.529. The van der Waals surface area contributed by atoms with Crippen LogP contribution in [-0.2, 0) is 4.79 Å². The molecule has 3 heterocycles. The van der Waals surface area contributed by atoms with E-state index >= 15 is 0 Å². The number of likely N-dealkylation sites (tertiary alicyclic amines) is 1. The molecule has 1 aliphatic carbocycles. The smallest absolute Gasteiger partial charge is 0.255 e. The summed E-state index contributed by atoms with van der Waals surface area (Å²) in [6.45, 7) is 2.10. The molecule has 2 N–H and O–H groups in total. The number of carbonyl (C=O) groups excluding carboxylic acids is 2. The highest BCUT2D eigenvalue weighted by molar-refractivity contribution is 6.05. The number of H-pyrrole nitrogens is 1. The first-order valence-corrected chi connectivity index (χ1v) is 8.60. The van der Waals surface area contributed by atoms with E-state index in [1.54, 1.807) is 19.3 Å². The van der Waals surface area contributed by atoms with E-state index in [9.17, 15) is 14.0 Å². The Morgan fingerprint density at radius 1 is 1.40 bits per heavy atom. The maximum absolute atomic E-state index is 13.3. The SMILES string of the molecule is CC(NC(=O)c1c[nH]c2ncc(C3CC3)nc12)C(=O)N1CCC(F)C1. The Labute approximate surface area is 144 Å². The number of rotatable bonds is 4. The van der Waals surface area contributed by atoms with Crippen molar-refractivity contribution in [2.75, 3.05) is 13.1 Å². The average molecular weight is 345 g/mol. The zero-order chi connectivity index (χ0) is 17.6. The number of alkyl halides is 1. The summed E-state index contributed by atoms with van der Waals surface area (Å²) in [4.78, 5) is 38.2. The molecule has 8 heteroatoms. The molecule has 2 fully saturated rings. The molecule has 1 saturated heterocycles. The quantitative estimate of drug-likeness (QED) is 0.879. The number of carbonyl (C=O) groups is 2. The van der Waals surface area contributed by atoms with Crippen molar-refractivity contribution in [3.05, 3.63) is 23.7 Å². The maximum atomic E-state index is 13.3. The van der Waals surface area contributed by atoms with Gasteiger partial charge in [-0.1, -0.05) is 0 Å². The Bertz CT molecular complexity index is 832. The van der Waals surface area contributed by atoms with Gasteiger partial charge in [0.25, 0.3) is 5.91 Å². The number of halogens is 1. The third-order valence-electron chi connectivity index (χ3n) is 4.80. The average Bonchev–Trinajstić information content (AvgIpc) is 3.22. The first kappa shape index (κ1) is 16.0. The molecule has 0 aromatic carbocycles. The fourth-order valence-corrected chi connectivity index (χ4v) is 3.18. The Kier molecular flexibility index (Phi) is 3.89. The summed E-state index contributed by atoms with van der Waals surface area (Å²) in [6, 6.07) is -0.720.